The molecule has 5 rings (SSSR count). The summed E-state index contributed by atoms with van der Waals surface area (Å²) >= 11 is 0. The highest BCUT2D eigenvalue weighted by molar-refractivity contribution is 5.80. The molecule has 0 bridgehead atoms. The van der Waals surface area contributed by atoms with Crippen LogP contribution in [-0.2, 0) is 15.7 Å². The number of rotatable bonds is 8. The van der Waals surface area contributed by atoms with Crippen molar-refractivity contribution >= 4 is 34.9 Å². The summed E-state index contributed by atoms with van der Waals surface area (Å²) in [5, 5.41) is 8.97. The number of pyridine rings is 1. The fourth-order valence-corrected chi connectivity index (χ4v) is 4.42. The molecule has 2 aliphatic rings. The zero-order valence-electron chi connectivity index (χ0n) is 21.4. The van der Waals surface area contributed by atoms with Crippen molar-refractivity contribution in [2.45, 2.75) is 25.6 Å². The predicted molar refractivity (Wildman–Crippen MR) is 138 cm³/mol. The second kappa shape index (κ2) is 10.9. The molecule has 39 heavy (non-hydrogen) atoms. The van der Waals surface area contributed by atoms with E-state index >= 15 is 0 Å². The Bertz CT molecular complexity index is 1350. The van der Waals surface area contributed by atoms with Crippen LogP contribution in [0.1, 0.15) is 17.5 Å². The number of likely N-dealkylation sites (tertiary alicyclic amines) is 1. The van der Waals surface area contributed by atoms with E-state index in [1.807, 2.05) is 17.9 Å². The fourth-order valence-electron chi connectivity index (χ4n) is 4.42. The van der Waals surface area contributed by atoms with Crippen molar-refractivity contribution in [3.8, 4) is 5.88 Å². The molecule has 2 saturated heterocycles. The summed E-state index contributed by atoms with van der Waals surface area (Å²) in [6.07, 6.45) is -3.14. The summed E-state index contributed by atoms with van der Waals surface area (Å²) in [7, 11) is 1.44. The van der Waals surface area contributed by atoms with Gasteiger partial charge in [0.25, 0.3) is 0 Å². The maximum atomic E-state index is 13.6. The van der Waals surface area contributed by atoms with Crippen LogP contribution in [0.3, 0.4) is 0 Å². The molecule has 0 aliphatic carbocycles. The van der Waals surface area contributed by atoms with Crippen molar-refractivity contribution in [1.82, 2.24) is 19.9 Å². The number of halogens is 3. The molecule has 1 amide bonds. The number of hydrogen-bond donors (Lipinski definition) is 3. The number of carbonyl (C=O) groups is 1. The number of methoxy groups -OCH3 is 1. The van der Waals surface area contributed by atoms with Crippen molar-refractivity contribution in [3.63, 3.8) is 0 Å². The number of benzene rings is 1. The van der Waals surface area contributed by atoms with Crippen molar-refractivity contribution in [3.05, 3.63) is 53.7 Å². The van der Waals surface area contributed by atoms with Gasteiger partial charge in [0, 0.05) is 31.0 Å². The molecule has 10 nitrogen and oxygen atoms in total. The van der Waals surface area contributed by atoms with Crippen LogP contribution in [0.5, 0.6) is 5.88 Å². The van der Waals surface area contributed by atoms with Gasteiger partial charge < -0.3 is 30.3 Å². The monoisotopic (exact) mass is 543 g/mol. The normalized spacial score (nSPS) is 17.5. The summed E-state index contributed by atoms with van der Waals surface area (Å²) in [6, 6.07) is 10.4. The Hall–Kier alpha value is -4.13. The zero-order chi connectivity index (χ0) is 27.6. The van der Waals surface area contributed by atoms with Crippen LogP contribution in [0, 0.1) is 12.8 Å². The van der Waals surface area contributed by atoms with Crippen molar-refractivity contribution < 1.29 is 27.4 Å². The Kier molecular flexibility index (Phi) is 7.42. The Morgan fingerprint density at radius 1 is 1.15 bits per heavy atom. The number of ether oxygens (including phenoxy) is 2. The first-order valence-corrected chi connectivity index (χ1v) is 12.4. The Morgan fingerprint density at radius 2 is 1.97 bits per heavy atom. The highest BCUT2D eigenvalue weighted by atomic mass is 19.4. The smallest absolute Gasteiger partial charge is 0.421 e. The Labute approximate surface area is 223 Å². The molecule has 13 heteroatoms. The summed E-state index contributed by atoms with van der Waals surface area (Å²) in [5.74, 6) is 0.359. The van der Waals surface area contributed by atoms with E-state index in [9.17, 15) is 18.0 Å². The SMILES string of the molecule is COc1nc(NC2CCN(C(=O)C3COC3)C2)ccc1Nc1ncc(C(F)(F)F)c(Nc2cccc(C)c2)n1. The average Bonchev–Trinajstić information content (AvgIpc) is 3.32. The maximum Gasteiger partial charge on any atom is 0.421 e. The molecule has 2 aliphatic heterocycles. The largest absolute Gasteiger partial charge is 0.479 e. The van der Waals surface area contributed by atoms with Gasteiger partial charge in [0.15, 0.2) is 0 Å². The second-order valence-electron chi connectivity index (χ2n) is 9.48. The predicted octanol–water partition coefficient (Wildman–Crippen LogP) is 4.35. The zero-order valence-corrected chi connectivity index (χ0v) is 21.4. The third-order valence-corrected chi connectivity index (χ3v) is 6.51. The number of carbonyl (C=O) groups excluding carboxylic acids is 1. The number of aryl methyl sites for hydroxylation is 1. The molecule has 0 saturated carbocycles. The first kappa shape index (κ1) is 26.5. The maximum absolute atomic E-state index is 13.6. The first-order chi connectivity index (χ1) is 18.7. The summed E-state index contributed by atoms with van der Waals surface area (Å²) in [6.45, 7) is 4.02. The van der Waals surface area contributed by atoms with Crippen LogP contribution in [-0.4, -0.2) is 65.2 Å². The third kappa shape index (κ3) is 6.14. The lowest BCUT2D eigenvalue weighted by molar-refractivity contribution is -0.148. The van der Waals surface area contributed by atoms with Crippen molar-refractivity contribution in [1.29, 1.82) is 0 Å². The minimum absolute atomic E-state index is 0.0273. The summed E-state index contributed by atoms with van der Waals surface area (Å²) in [4.78, 5) is 26.7. The van der Waals surface area contributed by atoms with E-state index in [0.29, 0.717) is 43.5 Å². The van der Waals surface area contributed by atoms with Gasteiger partial charge in [0.05, 0.1) is 26.2 Å². The van der Waals surface area contributed by atoms with Gasteiger partial charge in [0.2, 0.25) is 17.7 Å². The van der Waals surface area contributed by atoms with Gasteiger partial charge in [-0.25, -0.2) is 4.98 Å². The van der Waals surface area contributed by atoms with Crippen LogP contribution in [0.25, 0.3) is 0 Å². The lowest BCUT2D eigenvalue weighted by atomic mass is 10.1. The molecule has 3 N–H and O–H groups in total. The van der Waals surface area contributed by atoms with Gasteiger partial charge in [-0.1, -0.05) is 12.1 Å². The molecule has 3 aromatic rings. The van der Waals surface area contributed by atoms with Crippen LogP contribution in [0.15, 0.2) is 42.6 Å². The van der Waals surface area contributed by atoms with E-state index < -0.39 is 11.7 Å². The van der Waals surface area contributed by atoms with E-state index in [1.165, 1.54) is 7.11 Å². The van der Waals surface area contributed by atoms with Gasteiger partial charge in [-0.3, -0.25) is 4.79 Å². The number of nitrogens with one attached hydrogen (secondary N) is 3. The summed E-state index contributed by atoms with van der Waals surface area (Å²) < 4.78 is 51.5. The van der Waals surface area contributed by atoms with Gasteiger partial charge in [0.1, 0.15) is 22.9 Å². The fraction of sp³-hybridized carbons (Fsp3) is 0.385. The van der Waals surface area contributed by atoms with Crippen LogP contribution in [0.4, 0.5) is 42.1 Å². The van der Waals surface area contributed by atoms with E-state index in [1.54, 1.807) is 30.3 Å². The third-order valence-electron chi connectivity index (χ3n) is 6.51. The van der Waals surface area contributed by atoms with Crippen LogP contribution >= 0.6 is 0 Å². The van der Waals surface area contributed by atoms with Crippen molar-refractivity contribution in [2.24, 2.45) is 5.92 Å². The number of nitrogens with zero attached hydrogens (tertiary/aromatic N) is 4. The van der Waals surface area contributed by atoms with Gasteiger partial charge in [-0.05, 0) is 43.2 Å². The van der Waals surface area contributed by atoms with Gasteiger partial charge >= 0.3 is 6.18 Å². The van der Waals surface area contributed by atoms with Crippen LogP contribution < -0.4 is 20.7 Å². The Balaban J connectivity index is 1.30. The highest BCUT2D eigenvalue weighted by Gasteiger charge is 2.36. The molecule has 2 aromatic heterocycles. The number of aromatic nitrogens is 3. The van der Waals surface area contributed by atoms with E-state index in [4.69, 9.17) is 9.47 Å². The molecule has 0 radical (unpaired) electrons. The molecule has 2 fully saturated rings. The molecule has 1 unspecified atom stereocenters. The quantitative estimate of drug-likeness (QED) is 0.382. The van der Waals surface area contributed by atoms with E-state index in [0.717, 1.165) is 18.2 Å². The van der Waals surface area contributed by atoms with Gasteiger partial charge in [-0.15, -0.1) is 0 Å². The van der Waals surface area contributed by atoms with E-state index in [-0.39, 0.29) is 35.5 Å². The number of alkyl halides is 3. The first-order valence-electron chi connectivity index (χ1n) is 12.4. The minimum atomic E-state index is -4.65. The molecule has 0 spiro atoms. The lowest BCUT2D eigenvalue weighted by Gasteiger charge is -2.29. The molecule has 4 heterocycles. The van der Waals surface area contributed by atoms with E-state index in [2.05, 4.69) is 30.9 Å². The molecular weight excluding hydrogens is 515 g/mol. The molecular formula is C26H28F3N7O3. The van der Waals surface area contributed by atoms with Crippen molar-refractivity contribution in [2.75, 3.05) is 49.4 Å². The molecule has 1 atom stereocenters. The number of amides is 1. The lowest BCUT2D eigenvalue weighted by Crippen LogP contribution is -2.44. The summed E-state index contributed by atoms with van der Waals surface area (Å²) in [5.41, 5.74) is 0.731. The topological polar surface area (TPSA) is 114 Å². The van der Waals surface area contributed by atoms with Gasteiger partial charge in [-0.2, -0.15) is 23.1 Å². The number of anilines is 5. The standard InChI is InChI=1S/C26H28F3N7O3/c1-15-4-3-5-17(10-15)32-22-19(26(27,28)29)11-30-25(35-22)33-20-6-7-21(34-23(20)38-2)31-18-8-9-36(12-18)24(37)16-13-39-14-16/h3-7,10-11,16,18H,8-9,12-14H2,1-2H3,(H,31,34)(H2,30,32,33,35). The second-order valence-corrected chi connectivity index (χ2v) is 9.48. The molecule has 1 aromatic carbocycles. The minimum Gasteiger partial charge on any atom is -0.479 e. The number of hydrogen-bond acceptors (Lipinski definition) is 9. The average molecular weight is 544 g/mol. The van der Waals surface area contributed by atoms with Crippen LogP contribution in [0.2, 0.25) is 0 Å². The Morgan fingerprint density at radius 3 is 2.67 bits per heavy atom. The molecule has 206 valence electrons. The highest BCUT2D eigenvalue weighted by Crippen LogP contribution is 2.36.